The topological polar surface area (TPSA) is 132 Å². The van der Waals surface area contributed by atoms with E-state index in [0.29, 0.717) is 24.6 Å². The molecule has 0 saturated heterocycles. The van der Waals surface area contributed by atoms with Crippen LogP contribution in [-0.2, 0) is 6.54 Å². The summed E-state index contributed by atoms with van der Waals surface area (Å²) in [5.74, 6) is 0.420. The van der Waals surface area contributed by atoms with Gasteiger partial charge < -0.3 is 10.3 Å². The Kier molecular flexibility index (Phi) is 4.98. The highest BCUT2D eigenvalue weighted by atomic mass is 16.2. The predicted octanol–water partition coefficient (Wildman–Crippen LogP) is 2.13. The van der Waals surface area contributed by atoms with Gasteiger partial charge in [-0.1, -0.05) is 23.4 Å². The zero-order valence-corrected chi connectivity index (χ0v) is 17.3. The monoisotopic (exact) mass is 431 g/mol. The van der Waals surface area contributed by atoms with Crippen LogP contribution in [0.15, 0.2) is 69.9 Å². The van der Waals surface area contributed by atoms with Gasteiger partial charge in [0.25, 0.3) is 0 Å². The lowest BCUT2D eigenvalue weighted by molar-refractivity contribution is 0.249. The van der Waals surface area contributed by atoms with Crippen molar-refractivity contribution >= 4 is 23.1 Å². The number of rotatable bonds is 5. The Morgan fingerprint density at radius 1 is 1.25 bits per heavy atom. The molecule has 162 valence electrons. The number of carbonyl (C=O) groups excluding carboxylic acids is 1. The van der Waals surface area contributed by atoms with Crippen LogP contribution < -0.4 is 16.2 Å². The summed E-state index contributed by atoms with van der Waals surface area (Å²) in [5, 5.41) is 20.5. The van der Waals surface area contributed by atoms with Crippen LogP contribution in [0.5, 0.6) is 0 Å². The minimum Gasteiger partial charge on any atom is -0.338 e. The molecule has 4 heterocycles. The molecule has 3 aromatic heterocycles. The van der Waals surface area contributed by atoms with Crippen LogP contribution in [0.3, 0.4) is 0 Å². The molecule has 3 aromatic rings. The van der Waals surface area contributed by atoms with E-state index in [4.69, 9.17) is 0 Å². The highest BCUT2D eigenvalue weighted by molar-refractivity contribution is 5.88. The van der Waals surface area contributed by atoms with Crippen molar-refractivity contribution in [1.29, 1.82) is 0 Å². The van der Waals surface area contributed by atoms with Crippen molar-refractivity contribution in [2.75, 3.05) is 11.9 Å². The maximum atomic E-state index is 11.7. The fourth-order valence-corrected chi connectivity index (χ4v) is 3.69. The van der Waals surface area contributed by atoms with Crippen LogP contribution in [0.25, 0.3) is 11.2 Å². The Morgan fingerprint density at radius 2 is 2.16 bits per heavy atom. The number of imidazole rings is 1. The van der Waals surface area contributed by atoms with E-state index < -0.39 is 0 Å². The quantitative estimate of drug-likeness (QED) is 0.569. The number of urea groups is 1. The van der Waals surface area contributed by atoms with Crippen LogP contribution >= 0.6 is 0 Å². The molecule has 0 fully saturated rings. The maximum Gasteiger partial charge on any atom is 0.320 e. The lowest BCUT2D eigenvalue weighted by Crippen LogP contribution is -2.33. The third-order valence-electron chi connectivity index (χ3n) is 5.17. The van der Waals surface area contributed by atoms with E-state index in [9.17, 15) is 9.59 Å². The van der Waals surface area contributed by atoms with Gasteiger partial charge in [0.05, 0.1) is 24.5 Å². The van der Waals surface area contributed by atoms with Crippen molar-refractivity contribution in [1.82, 2.24) is 29.9 Å². The smallest absolute Gasteiger partial charge is 0.320 e. The highest BCUT2D eigenvalue weighted by Gasteiger charge is 2.32. The number of H-pyrrole nitrogens is 1. The molecule has 1 aliphatic heterocycles. The summed E-state index contributed by atoms with van der Waals surface area (Å²) in [6, 6.07) is 8.33. The normalized spacial score (nSPS) is 19.2. The minimum absolute atomic E-state index is 0.0750. The SMILES string of the molecule is CCNC(=O)Nc1cn2nc(CN3N=NC4C=CC(c5cccc(=O)[nH]5)=CC43)ccc2n1. The van der Waals surface area contributed by atoms with E-state index in [1.807, 2.05) is 42.3 Å². The summed E-state index contributed by atoms with van der Waals surface area (Å²) in [7, 11) is 0. The van der Waals surface area contributed by atoms with Crippen LogP contribution in [0.1, 0.15) is 18.3 Å². The molecule has 0 spiro atoms. The first-order valence-electron chi connectivity index (χ1n) is 10.3. The average molecular weight is 431 g/mol. The number of hydrogen-bond acceptors (Lipinski definition) is 7. The van der Waals surface area contributed by atoms with Gasteiger partial charge in [0.15, 0.2) is 11.5 Å². The molecule has 0 bridgehead atoms. The highest BCUT2D eigenvalue weighted by Crippen LogP contribution is 2.29. The van der Waals surface area contributed by atoms with Crippen molar-refractivity contribution in [3.63, 3.8) is 0 Å². The van der Waals surface area contributed by atoms with Crippen molar-refractivity contribution in [3.05, 3.63) is 76.5 Å². The third-order valence-corrected chi connectivity index (χ3v) is 5.17. The number of nitrogens with zero attached hydrogens (tertiary/aromatic N) is 6. The van der Waals surface area contributed by atoms with Crippen LogP contribution in [0, 0.1) is 0 Å². The number of allylic oxidation sites excluding steroid dienone is 2. The van der Waals surface area contributed by atoms with E-state index >= 15 is 0 Å². The van der Waals surface area contributed by atoms with Crippen molar-refractivity contribution in [2.45, 2.75) is 25.6 Å². The Morgan fingerprint density at radius 3 is 3.00 bits per heavy atom. The molecule has 1 aliphatic carbocycles. The number of aromatic nitrogens is 4. The summed E-state index contributed by atoms with van der Waals surface area (Å²) in [6.45, 7) is 2.82. The van der Waals surface area contributed by atoms with E-state index in [1.54, 1.807) is 16.8 Å². The zero-order chi connectivity index (χ0) is 22.1. The van der Waals surface area contributed by atoms with Crippen LogP contribution in [0.2, 0.25) is 0 Å². The molecule has 2 aliphatic rings. The lowest BCUT2D eigenvalue weighted by Gasteiger charge is -2.24. The number of aromatic amines is 1. The molecular weight excluding hydrogens is 410 g/mol. The third kappa shape index (κ3) is 3.87. The molecule has 0 aromatic carbocycles. The number of carbonyl (C=O) groups is 1. The van der Waals surface area contributed by atoms with Gasteiger partial charge in [0.1, 0.15) is 6.04 Å². The first-order valence-corrected chi connectivity index (χ1v) is 10.3. The molecule has 2 amide bonds. The summed E-state index contributed by atoms with van der Waals surface area (Å²) in [4.78, 5) is 30.6. The summed E-state index contributed by atoms with van der Waals surface area (Å²) >= 11 is 0. The molecule has 11 nitrogen and oxygen atoms in total. The molecule has 11 heteroatoms. The van der Waals surface area contributed by atoms with Crippen LogP contribution in [0.4, 0.5) is 10.6 Å². The van der Waals surface area contributed by atoms with Crippen LogP contribution in [-0.4, -0.2) is 49.3 Å². The second-order valence-electron chi connectivity index (χ2n) is 7.43. The minimum atomic E-state index is -0.313. The average Bonchev–Trinajstić information content (AvgIpc) is 3.36. The molecule has 5 rings (SSSR count). The first-order chi connectivity index (χ1) is 15.6. The van der Waals surface area contributed by atoms with Crippen molar-refractivity contribution in [2.24, 2.45) is 10.3 Å². The number of nitrogens with one attached hydrogen (secondary N) is 3. The predicted molar refractivity (Wildman–Crippen MR) is 118 cm³/mol. The largest absolute Gasteiger partial charge is 0.338 e. The molecule has 3 N–H and O–H groups in total. The maximum absolute atomic E-state index is 11.7. The number of anilines is 1. The lowest BCUT2D eigenvalue weighted by atomic mass is 9.96. The van der Waals surface area contributed by atoms with Crippen molar-refractivity contribution in [3.8, 4) is 0 Å². The van der Waals surface area contributed by atoms with E-state index in [1.165, 1.54) is 6.07 Å². The van der Waals surface area contributed by atoms with Gasteiger partial charge in [-0.25, -0.2) is 14.3 Å². The Hall–Kier alpha value is -4.28. The fourth-order valence-electron chi connectivity index (χ4n) is 3.69. The Bertz CT molecular complexity index is 1320. The van der Waals surface area contributed by atoms with Crippen molar-refractivity contribution < 1.29 is 4.79 Å². The van der Waals surface area contributed by atoms with E-state index in [2.05, 4.69) is 42.1 Å². The van der Waals surface area contributed by atoms with Gasteiger partial charge in [-0.3, -0.25) is 15.1 Å². The fraction of sp³-hybridized carbons (Fsp3) is 0.238. The number of fused-ring (bicyclic) bond motifs is 2. The second-order valence-corrected chi connectivity index (χ2v) is 7.43. The molecule has 0 radical (unpaired) electrons. The van der Waals surface area contributed by atoms with Gasteiger partial charge in [0, 0.05) is 18.3 Å². The zero-order valence-electron chi connectivity index (χ0n) is 17.3. The Balaban J connectivity index is 1.34. The number of hydrogen-bond donors (Lipinski definition) is 3. The van der Waals surface area contributed by atoms with Gasteiger partial charge >= 0.3 is 6.03 Å². The first kappa shape index (κ1) is 19.7. The molecule has 32 heavy (non-hydrogen) atoms. The molecule has 2 atom stereocenters. The number of pyridine rings is 1. The van der Waals surface area contributed by atoms with Gasteiger partial charge in [-0.05, 0) is 36.8 Å². The number of amides is 2. The summed E-state index contributed by atoms with van der Waals surface area (Å²) in [6.07, 6.45) is 7.66. The molecule has 0 saturated carbocycles. The molecule has 2 unspecified atom stereocenters. The summed E-state index contributed by atoms with van der Waals surface area (Å²) < 4.78 is 1.62. The molecular formula is C21H21N9O2. The summed E-state index contributed by atoms with van der Waals surface area (Å²) in [5.41, 5.74) is 2.92. The Labute approximate surface area is 182 Å². The second kappa shape index (κ2) is 8.10. The van der Waals surface area contributed by atoms with Gasteiger partial charge in [-0.15, -0.1) is 0 Å². The van der Waals surface area contributed by atoms with E-state index in [-0.39, 0.29) is 23.7 Å². The standard InChI is InChI=1S/C21H21N9O2/c1-2-22-21(32)25-18-12-30-19(24-18)9-7-14(27-30)11-29-17-10-13(6-8-16(17)26-28-29)15-4-3-5-20(31)23-15/h3-10,12,16-17H,2,11H2,1H3,(H,23,31)(H2,22,25,32). The van der Waals surface area contributed by atoms with E-state index in [0.717, 1.165) is 17.0 Å². The van der Waals surface area contributed by atoms with Gasteiger partial charge in [0.2, 0.25) is 5.56 Å². The van der Waals surface area contributed by atoms with Gasteiger partial charge in [-0.2, -0.15) is 10.2 Å².